The van der Waals surface area contributed by atoms with E-state index in [-0.39, 0.29) is 12.5 Å². The van der Waals surface area contributed by atoms with Crippen LogP contribution in [0.25, 0.3) is 0 Å². The van der Waals surface area contributed by atoms with Crippen molar-refractivity contribution in [1.29, 1.82) is 0 Å². The van der Waals surface area contributed by atoms with E-state index in [9.17, 15) is 4.79 Å². The zero-order valence-electron chi connectivity index (χ0n) is 8.56. The predicted molar refractivity (Wildman–Crippen MR) is 59.4 cm³/mol. The molecule has 0 amide bonds. The maximum absolute atomic E-state index is 10.7. The molecule has 16 heavy (non-hydrogen) atoms. The first kappa shape index (κ1) is 11.1. The zero-order chi connectivity index (χ0) is 11.5. The van der Waals surface area contributed by atoms with Gasteiger partial charge in [-0.25, -0.2) is 0 Å². The van der Waals surface area contributed by atoms with Crippen LogP contribution in [0, 0.1) is 5.92 Å². The van der Waals surface area contributed by atoms with Crippen molar-refractivity contribution in [1.82, 2.24) is 10.2 Å². The van der Waals surface area contributed by atoms with Gasteiger partial charge in [-0.3, -0.25) is 4.79 Å². The maximum Gasteiger partial charge on any atom is 0.305 e. The molecule has 0 saturated heterocycles. The molecule has 2 N–H and O–H groups in total. The van der Waals surface area contributed by atoms with Crippen LogP contribution in [0.1, 0.15) is 19.3 Å². The number of anilines is 1. The van der Waals surface area contributed by atoms with E-state index in [1.54, 1.807) is 12.1 Å². The molecule has 0 spiro atoms. The normalized spacial score (nSPS) is 16.8. The van der Waals surface area contributed by atoms with Gasteiger partial charge in [0, 0.05) is 6.04 Å². The van der Waals surface area contributed by atoms with Gasteiger partial charge in [-0.15, -0.1) is 10.2 Å². The number of nitrogens with one attached hydrogen (secondary N) is 1. The number of rotatable bonds is 5. The molecule has 1 heterocycles. The molecule has 1 saturated carbocycles. The number of carboxylic acid groups (broad SMARTS) is 1. The van der Waals surface area contributed by atoms with Crippen LogP contribution < -0.4 is 5.32 Å². The zero-order valence-corrected chi connectivity index (χ0v) is 9.31. The molecule has 1 fully saturated rings. The summed E-state index contributed by atoms with van der Waals surface area (Å²) in [6, 6.07) is 3.27. The predicted octanol–water partition coefficient (Wildman–Crippen LogP) is 1.80. The summed E-state index contributed by atoms with van der Waals surface area (Å²) >= 11 is 5.61. The number of carbonyl (C=O) groups is 1. The van der Waals surface area contributed by atoms with Gasteiger partial charge in [-0.2, -0.15) is 0 Å². The molecule has 1 aromatic heterocycles. The van der Waals surface area contributed by atoms with Crippen LogP contribution >= 0.6 is 11.6 Å². The number of halogens is 1. The Balaban J connectivity index is 1.99. The molecule has 1 aliphatic carbocycles. The van der Waals surface area contributed by atoms with Crippen molar-refractivity contribution in [2.45, 2.75) is 25.3 Å². The van der Waals surface area contributed by atoms with Crippen molar-refractivity contribution in [3.05, 3.63) is 17.3 Å². The molecule has 6 heteroatoms. The Labute approximate surface area is 97.8 Å². The number of carboxylic acids is 1. The number of aliphatic carboxylic acids is 1. The average molecular weight is 242 g/mol. The van der Waals surface area contributed by atoms with Crippen LogP contribution in [-0.2, 0) is 4.79 Å². The van der Waals surface area contributed by atoms with Gasteiger partial charge in [0.15, 0.2) is 5.15 Å². The summed E-state index contributed by atoms with van der Waals surface area (Å²) in [6.07, 6.45) is 2.26. The van der Waals surface area contributed by atoms with Crippen molar-refractivity contribution in [2.75, 3.05) is 5.32 Å². The molecule has 0 radical (unpaired) electrons. The number of hydrogen-bond acceptors (Lipinski definition) is 4. The second kappa shape index (κ2) is 4.65. The maximum atomic E-state index is 10.7. The highest BCUT2D eigenvalue weighted by atomic mass is 35.5. The largest absolute Gasteiger partial charge is 0.481 e. The minimum absolute atomic E-state index is 0.0621. The lowest BCUT2D eigenvalue weighted by Crippen LogP contribution is -2.25. The van der Waals surface area contributed by atoms with Gasteiger partial charge < -0.3 is 10.4 Å². The highest BCUT2D eigenvalue weighted by Crippen LogP contribution is 2.35. The van der Waals surface area contributed by atoms with E-state index in [0.29, 0.717) is 16.9 Å². The topological polar surface area (TPSA) is 75.1 Å². The fourth-order valence-electron chi connectivity index (χ4n) is 1.61. The third-order valence-electron chi connectivity index (χ3n) is 2.55. The summed E-state index contributed by atoms with van der Waals surface area (Å²) in [5.41, 5.74) is 0. The number of aromatic nitrogens is 2. The van der Waals surface area contributed by atoms with Crippen LogP contribution in [0.4, 0.5) is 5.82 Å². The van der Waals surface area contributed by atoms with E-state index in [0.717, 1.165) is 12.8 Å². The summed E-state index contributed by atoms with van der Waals surface area (Å²) in [5, 5.41) is 19.7. The van der Waals surface area contributed by atoms with E-state index in [1.165, 1.54) is 0 Å². The van der Waals surface area contributed by atoms with Crippen molar-refractivity contribution >= 4 is 23.4 Å². The Kier molecular flexibility index (Phi) is 3.24. The molecule has 0 aliphatic heterocycles. The van der Waals surface area contributed by atoms with Crippen molar-refractivity contribution in [3.8, 4) is 0 Å². The van der Waals surface area contributed by atoms with Gasteiger partial charge >= 0.3 is 5.97 Å². The molecule has 5 nitrogen and oxygen atoms in total. The summed E-state index contributed by atoms with van der Waals surface area (Å²) in [4.78, 5) is 10.7. The lowest BCUT2D eigenvalue weighted by molar-refractivity contribution is -0.137. The van der Waals surface area contributed by atoms with E-state index < -0.39 is 5.97 Å². The molecule has 1 aromatic rings. The van der Waals surface area contributed by atoms with Crippen molar-refractivity contribution in [3.63, 3.8) is 0 Å². The Hall–Kier alpha value is -1.36. The SMILES string of the molecule is O=C(O)CC(Nc1ccc(Cl)nn1)C1CC1. The fraction of sp³-hybridized carbons (Fsp3) is 0.500. The molecule has 2 rings (SSSR count). The van der Waals surface area contributed by atoms with Crippen LogP contribution in [0.3, 0.4) is 0 Å². The third-order valence-corrected chi connectivity index (χ3v) is 2.75. The van der Waals surface area contributed by atoms with Crippen LogP contribution in [0.5, 0.6) is 0 Å². The smallest absolute Gasteiger partial charge is 0.305 e. The van der Waals surface area contributed by atoms with Crippen LogP contribution in [-0.4, -0.2) is 27.3 Å². The quantitative estimate of drug-likeness (QED) is 0.822. The molecule has 86 valence electrons. The molecule has 1 unspecified atom stereocenters. The Bertz CT molecular complexity index is 378. The fourth-order valence-corrected chi connectivity index (χ4v) is 1.71. The monoisotopic (exact) mass is 241 g/mol. The van der Waals surface area contributed by atoms with E-state index in [1.807, 2.05) is 0 Å². The highest BCUT2D eigenvalue weighted by Gasteiger charge is 2.32. The van der Waals surface area contributed by atoms with Gasteiger partial charge in [0.1, 0.15) is 5.82 Å². The Morgan fingerprint density at radius 2 is 2.31 bits per heavy atom. The first-order valence-corrected chi connectivity index (χ1v) is 5.50. The third kappa shape index (κ3) is 3.06. The van der Waals surface area contributed by atoms with Gasteiger partial charge in [0.2, 0.25) is 0 Å². The van der Waals surface area contributed by atoms with Crippen LogP contribution in [0.15, 0.2) is 12.1 Å². The van der Waals surface area contributed by atoms with Gasteiger partial charge in [0.25, 0.3) is 0 Å². The molecule has 1 atom stereocenters. The first-order chi connectivity index (χ1) is 7.65. The number of hydrogen-bond donors (Lipinski definition) is 2. The first-order valence-electron chi connectivity index (χ1n) is 5.12. The van der Waals surface area contributed by atoms with E-state index >= 15 is 0 Å². The van der Waals surface area contributed by atoms with Crippen LogP contribution in [0.2, 0.25) is 5.15 Å². The van der Waals surface area contributed by atoms with Crippen molar-refractivity contribution < 1.29 is 9.90 Å². The van der Waals surface area contributed by atoms with E-state index in [4.69, 9.17) is 16.7 Å². The standard InChI is InChI=1S/C10H12ClN3O2/c11-8-3-4-9(14-13-8)12-7(5-10(15)16)6-1-2-6/h3-4,6-7H,1-2,5H2,(H,12,14)(H,15,16). The lowest BCUT2D eigenvalue weighted by atomic mass is 10.1. The van der Waals surface area contributed by atoms with Gasteiger partial charge in [-0.05, 0) is 30.9 Å². The average Bonchev–Trinajstić information content (AvgIpc) is 3.03. The molecule has 0 bridgehead atoms. The molecule has 0 aromatic carbocycles. The summed E-state index contributed by atoms with van der Waals surface area (Å²) in [6.45, 7) is 0. The second-order valence-corrected chi connectivity index (χ2v) is 4.31. The van der Waals surface area contributed by atoms with Gasteiger partial charge in [0.05, 0.1) is 6.42 Å². The Morgan fingerprint density at radius 3 is 2.81 bits per heavy atom. The summed E-state index contributed by atoms with van der Waals surface area (Å²) in [5.74, 6) is 0.211. The summed E-state index contributed by atoms with van der Waals surface area (Å²) < 4.78 is 0. The lowest BCUT2D eigenvalue weighted by Gasteiger charge is -2.16. The Morgan fingerprint density at radius 1 is 1.56 bits per heavy atom. The molecular formula is C10H12ClN3O2. The molecule has 1 aliphatic rings. The minimum atomic E-state index is -0.800. The van der Waals surface area contributed by atoms with Gasteiger partial charge in [-0.1, -0.05) is 11.6 Å². The van der Waals surface area contributed by atoms with E-state index in [2.05, 4.69) is 15.5 Å². The minimum Gasteiger partial charge on any atom is -0.481 e. The summed E-state index contributed by atoms with van der Waals surface area (Å²) in [7, 11) is 0. The second-order valence-electron chi connectivity index (χ2n) is 3.93. The highest BCUT2D eigenvalue weighted by molar-refractivity contribution is 6.29. The van der Waals surface area contributed by atoms with Crippen molar-refractivity contribution in [2.24, 2.45) is 5.92 Å². The molecular weight excluding hydrogens is 230 g/mol. The number of nitrogens with zero attached hydrogens (tertiary/aromatic N) is 2.